The van der Waals surface area contributed by atoms with Crippen LogP contribution in [0.25, 0.3) is 17.0 Å². The molecule has 34 heavy (non-hydrogen) atoms. The van der Waals surface area contributed by atoms with Gasteiger partial charge in [-0.05, 0) is 66.8 Å². The van der Waals surface area contributed by atoms with Crippen LogP contribution in [0.4, 0.5) is 18.9 Å². The maximum atomic E-state index is 13.2. The highest BCUT2D eigenvalue weighted by atomic mass is 32.2. The Balaban J connectivity index is 1.65. The quantitative estimate of drug-likeness (QED) is 0.466. The fourth-order valence-electron chi connectivity index (χ4n) is 4.16. The fraction of sp³-hybridized carbons (Fsp3) is 0.292. The summed E-state index contributed by atoms with van der Waals surface area (Å²) >= 11 is 0. The normalized spacial score (nSPS) is 14.0. The van der Waals surface area contributed by atoms with E-state index in [1.165, 1.54) is 12.1 Å². The van der Waals surface area contributed by atoms with E-state index in [4.69, 9.17) is 5.11 Å². The number of benzene rings is 2. The summed E-state index contributed by atoms with van der Waals surface area (Å²) in [5, 5.41) is 12.3. The van der Waals surface area contributed by atoms with Gasteiger partial charge in [-0.1, -0.05) is 18.2 Å². The van der Waals surface area contributed by atoms with Crippen molar-refractivity contribution in [2.75, 3.05) is 17.6 Å². The molecule has 0 unspecified atom stereocenters. The second-order valence-corrected chi connectivity index (χ2v) is 10.1. The average molecular weight is 493 g/mol. The predicted molar refractivity (Wildman–Crippen MR) is 124 cm³/mol. The van der Waals surface area contributed by atoms with Gasteiger partial charge in [0.1, 0.15) is 0 Å². The first-order valence-electron chi connectivity index (χ1n) is 10.7. The van der Waals surface area contributed by atoms with Crippen molar-refractivity contribution in [3.05, 3.63) is 70.9 Å². The summed E-state index contributed by atoms with van der Waals surface area (Å²) in [4.78, 5) is 10.9. The van der Waals surface area contributed by atoms with E-state index in [0.29, 0.717) is 0 Å². The van der Waals surface area contributed by atoms with Crippen LogP contribution in [0.1, 0.15) is 35.2 Å². The lowest BCUT2D eigenvalue weighted by atomic mass is 10.1. The van der Waals surface area contributed by atoms with Gasteiger partial charge < -0.3 is 10.4 Å². The second kappa shape index (κ2) is 9.17. The van der Waals surface area contributed by atoms with Crippen LogP contribution in [-0.2, 0) is 33.8 Å². The predicted octanol–water partition coefficient (Wildman–Crippen LogP) is 4.93. The Morgan fingerprint density at radius 1 is 1.15 bits per heavy atom. The Kier molecular flexibility index (Phi) is 6.44. The zero-order valence-electron chi connectivity index (χ0n) is 18.1. The molecule has 2 N–H and O–H groups in total. The molecule has 4 rings (SSSR count). The minimum absolute atomic E-state index is 0.100. The number of halogens is 3. The zero-order chi connectivity index (χ0) is 24.5. The number of aliphatic carboxylic acids is 1. The average Bonchev–Trinajstić information content (AvgIpc) is 3.36. The van der Waals surface area contributed by atoms with E-state index >= 15 is 0 Å². The maximum Gasteiger partial charge on any atom is 0.416 e. The van der Waals surface area contributed by atoms with E-state index in [1.54, 1.807) is 6.08 Å². The number of nitrogens with one attached hydrogen (secondary N) is 1. The highest BCUT2D eigenvalue weighted by Crippen LogP contribution is 2.33. The Labute approximate surface area is 194 Å². The van der Waals surface area contributed by atoms with Crippen molar-refractivity contribution >= 4 is 38.7 Å². The van der Waals surface area contributed by atoms with Crippen molar-refractivity contribution in [1.29, 1.82) is 0 Å². The highest BCUT2D eigenvalue weighted by Gasteiger charge is 2.31. The van der Waals surface area contributed by atoms with Crippen molar-refractivity contribution < 1.29 is 31.5 Å². The topological polar surface area (TPSA) is 88.4 Å². The number of hydrogen-bond acceptors (Lipinski definition) is 4. The number of anilines is 1. The molecular weight excluding hydrogens is 469 g/mol. The van der Waals surface area contributed by atoms with Crippen LogP contribution in [-0.4, -0.2) is 35.8 Å². The largest absolute Gasteiger partial charge is 0.481 e. The van der Waals surface area contributed by atoms with Gasteiger partial charge in [0.15, 0.2) is 0 Å². The van der Waals surface area contributed by atoms with Crippen molar-refractivity contribution in [3.8, 4) is 0 Å². The summed E-state index contributed by atoms with van der Waals surface area (Å²) in [5.74, 6) is -1.39. The SMILES string of the molecule is O=C(O)CCCc1cc2cc(C(F)(F)F)ccc2n1S(=O)(=O)CC=Cc1ccc2c(c1)CCN2. The third-order valence-corrected chi connectivity index (χ3v) is 7.32. The molecule has 1 aliphatic rings. The van der Waals surface area contributed by atoms with Crippen LogP contribution in [0.2, 0.25) is 0 Å². The van der Waals surface area contributed by atoms with Gasteiger partial charge in [0.25, 0.3) is 0 Å². The van der Waals surface area contributed by atoms with Crippen molar-refractivity contribution in [3.63, 3.8) is 0 Å². The summed E-state index contributed by atoms with van der Waals surface area (Å²) in [6.45, 7) is 0.859. The van der Waals surface area contributed by atoms with E-state index in [2.05, 4.69) is 5.32 Å². The molecule has 0 saturated carbocycles. The van der Waals surface area contributed by atoms with Gasteiger partial charge in [0.2, 0.25) is 10.0 Å². The van der Waals surface area contributed by atoms with Gasteiger partial charge in [-0.25, -0.2) is 12.4 Å². The van der Waals surface area contributed by atoms with E-state index in [9.17, 15) is 26.4 Å². The summed E-state index contributed by atoms with van der Waals surface area (Å²) < 4.78 is 67.0. The molecular formula is C24H23F3N2O4S. The molecule has 10 heteroatoms. The standard InChI is InChI=1S/C24H23F3N2O4S/c25-24(26,27)19-7-9-22-18(14-19)15-20(4-1-5-23(30)31)29(22)34(32,33)12-2-3-16-6-8-21-17(13-16)10-11-28-21/h2-3,6-9,13-15,28H,1,4-5,10-12H2,(H,30,31). The molecule has 2 heterocycles. The number of hydrogen-bond donors (Lipinski definition) is 2. The molecule has 6 nitrogen and oxygen atoms in total. The molecule has 0 saturated heterocycles. The summed E-state index contributed by atoms with van der Waals surface area (Å²) in [7, 11) is -3.97. The summed E-state index contributed by atoms with van der Waals surface area (Å²) in [6, 6.07) is 10.1. The van der Waals surface area contributed by atoms with Crippen LogP contribution >= 0.6 is 0 Å². The van der Waals surface area contributed by atoms with E-state index in [-0.39, 0.29) is 41.6 Å². The molecule has 3 aromatic rings. The number of aromatic nitrogens is 1. The van der Waals surface area contributed by atoms with E-state index in [1.807, 2.05) is 18.2 Å². The van der Waals surface area contributed by atoms with Gasteiger partial charge >= 0.3 is 12.1 Å². The summed E-state index contributed by atoms with van der Waals surface area (Å²) in [5.41, 5.74) is 2.59. The van der Waals surface area contributed by atoms with Crippen LogP contribution in [0, 0.1) is 0 Å². The van der Waals surface area contributed by atoms with Crippen LogP contribution < -0.4 is 5.32 Å². The molecule has 0 spiro atoms. The van der Waals surface area contributed by atoms with Gasteiger partial charge in [-0.2, -0.15) is 13.2 Å². The Bertz CT molecular complexity index is 1370. The van der Waals surface area contributed by atoms with Gasteiger partial charge in [-0.3, -0.25) is 4.79 Å². The van der Waals surface area contributed by atoms with E-state index in [0.717, 1.165) is 52.0 Å². The highest BCUT2D eigenvalue weighted by molar-refractivity contribution is 7.90. The molecule has 1 aliphatic heterocycles. The number of carboxylic acids is 1. The number of carbonyl (C=O) groups is 1. The summed E-state index contributed by atoms with van der Waals surface area (Å²) in [6.07, 6.45) is -0.376. The number of nitrogens with zero attached hydrogens (tertiary/aromatic N) is 1. The lowest BCUT2D eigenvalue weighted by molar-refractivity contribution is -0.138. The molecule has 0 atom stereocenters. The number of rotatable bonds is 8. The molecule has 0 aliphatic carbocycles. The first kappa shape index (κ1) is 23.9. The Hall–Kier alpha value is -3.27. The lowest BCUT2D eigenvalue weighted by Gasteiger charge is -2.11. The monoisotopic (exact) mass is 492 g/mol. The van der Waals surface area contributed by atoms with Crippen molar-refractivity contribution in [1.82, 2.24) is 3.97 Å². The molecule has 1 aromatic heterocycles. The molecule has 0 radical (unpaired) electrons. The zero-order valence-corrected chi connectivity index (χ0v) is 18.9. The van der Waals surface area contributed by atoms with E-state index < -0.39 is 27.7 Å². The number of alkyl halides is 3. The smallest absolute Gasteiger partial charge is 0.416 e. The first-order valence-corrected chi connectivity index (χ1v) is 12.4. The lowest BCUT2D eigenvalue weighted by Crippen LogP contribution is -2.18. The number of carboxylic acid groups (broad SMARTS) is 1. The third kappa shape index (κ3) is 5.11. The second-order valence-electron chi connectivity index (χ2n) is 8.19. The molecule has 2 aromatic carbocycles. The first-order chi connectivity index (χ1) is 16.0. The minimum Gasteiger partial charge on any atom is -0.481 e. The maximum absolute atomic E-state index is 13.2. The van der Waals surface area contributed by atoms with Crippen LogP contribution in [0.5, 0.6) is 0 Å². The number of aryl methyl sites for hydroxylation is 1. The van der Waals surface area contributed by atoms with Gasteiger partial charge in [0, 0.05) is 29.7 Å². The van der Waals surface area contributed by atoms with Gasteiger partial charge in [0.05, 0.1) is 16.8 Å². The number of fused-ring (bicyclic) bond motifs is 2. The van der Waals surface area contributed by atoms with Crippen LogP contribution in [0.3, 0.4) is 0 Å². The molecule has 0 amide bonds. The van der Waals surface area contributed by atoms with Crippen molar-refractivity contribution in [2.24, 2.45) is 0 Å². The Morgan fingerprint density at radius 3 is 2.68 bits per heavy atom. The van der Waals surface area contributed by atoms with Crippen LogP contribution in [0.15, 0.2) is 48.5 Å². The third-order valence-electron chi connectivity index (χ3n) is 5.71. The Morgan fingerprint density at radius 2 is 1.94 bits per heavy atom. The molecule has 0 bridgehead atoms. The molecule has 180 valence electrons. The minimum atomic E-state index is -4.56. The van der Waals surface area contributed by atoms with Gasteiger partial charge in [-0.15, -0.1) is 0 Å². The van der Waals surface area contributed by atoms with Crippen molar-refractivity contribution in [2.45, 2.75) is 31.9 Å². The molecule has 0 fully saturated rings. The fourth-order valence-corrected chi connectivity index (χ4v) is 5.61.